The fourth-order valence-corrected chi connectivity index (χ4v) is 3.33. The average molecular weight is 313 g/mol. The summed E-state index contributed by atoms with van der Waals surface area (Å²) in [5.41, 5.74) is 1.66. The van der Waals surface area contributed by atoms with Crippen molar-refractivity contribution in [2.24, 2.45) is 0 Å². The first-order valence-corrected chi connectivity index (χ1v) is 8.77. The molecule has 0 unspecified atom stereocenters. The minimum atomic E-state index is -3.47. The monoisotopic (exact) mass is 313 g/mol. The van der Waals surface area contributed by atoms with Crippen LogP contribution in [-0.2, 0) is 10.2 Å². The average Bonchev–Trinajstić information content (AvgIpc) is 2.46. The molecular weight excluding hydrogens is 286 g/mol. The van der Waals surface area contributed by atoms with Gasteiger partial charge in [-0.05, 0) is 44.5 Å². The molecule has 1 aromatic carbocycles. The van der Waals surface area contributed by atoms with Crippen molar-refractivity contribution in [3.63, 3.8) is 0 Å². The summed E-state index contributed by atoms with van der Waals surface area (Å²) in [5.74, 6) is 0. The van der Waals surface area contributed by atoms with Crippen LogP contribution in [0, 0.1) is 6.92 Å². The Morgan fingerprint density at radius 2 is 1.81 bits per heavy atom. The van der Waals surface area contributed by atoms with Gasteiger partial charge in [0.05, 0.1) is 5.69 Å². The predicted octanol–water partition coefficient (Wildman–Crippen LogP) is 2.00. The summed E-state index contributed by atoms with van der Waals surface area (Å²) in [6, 6.07) is 7.49. The van der Waals surface area contributed by atoms with Gasteiger partial charge in [-0.1, -0.05) is 25.1 Å². The Bertz CT molecular complexity index is 531. The summed E-state index contributed by atoms with van der Waals surface area (Å²) in [6.07, 6.45) is 1.89. The minimum absolute atomic E-state index is 0.509. The van der Waals surface area contributed by atoms with Crippen LogP contribution in [0.15, 0.2) is 24.3 Å². The first-order valence-electron chi connectivity index (χ1n) is 7.37. The van der Waals surface area contributed by atoms with E-state index in [2.05, 4.69) is 12.2 Å². The molecule has 0 atom stereocenters. The number of benzene rings is 1. The van der Waals surface area contributed by atoms with Gasteiger partial charge in [-0.3, -0.25) is 4.31 Å². The molecular formula is C15H27N3O2S. The summed E-state index contributed by atoms with van der Waals surface area (Å²) in [5, 5.41) is 3.28. The molecule has 0 aromatic heterocycles. The molecule has 21 heavy (non-hydrogen) atoms. The van der Waals surface area contributed by atoms with Gasteiger partial charge in [0.1, 0.15) is 0 Å². The molecule has 0 aliphatic carbocycles. The van der Waals surface area contributed by atoms with E-state index in [-0.39, 0.29) is 0 Å². The number of para-hydroxylation sites is 1. The molecule has 5 nitrogen and oxygen atoms in total. The molecule has 0 aliphatic rings. The van der Waals surface area contributed by atoms with Crippen LogP contribution in [0.1, 0.15) is 25.3 Å². The summed E-state index contributed by atoms with van der Waals surface area (Å²) in [7, 11) is -0.239. The van der Waals surface area contributed by atoms with Crippen LogP contribution in [0.25, 0.3) is 0 Å². The predicted molar refractivity (Wildman–Crippen MR) is 88.9 cm³/mol. The van der Waals surface area contributed by atoms with Crippen molar-refractivity contribution in [3.05, 3.63) is 29.8 Å². The van der Waals surface area contributed by atoms with E-state index >= 15 is 0 Å². The van der Waals surface area contributed by atoms with Crippen LogP contribution in [-0.4, -0.2) is 46.5 Å². The summed E-state index contributed by atoms with van der Waals surface area (Å²) in [4.78, 5) is 0. The molecule has 0 radical (unpaired) electrons. The zero-order chi connectivity index (χ0) is 15.9. The molecule has 1 aromatic rings. The Morgan fingerprint density at radius 1 is 1.14 bits per heavy atom. The van der Waals surface area contributed by atoms with Crippen molar-refractivity contribution >= 4 is 15.9 Å². The SMILES string of the molecule is CCCNCCCN(C)S(=O)(=O)N(C)c1ccccc1C. The first kappa shape index (κ1) is 17.9. The maximum atomic E-state index is 12.5. The number of nitrogens with zero attached hydrogens (tertiary/aromatic N) is 2. The van der Waals surface area contributed by atoms with Crippen LogP contribution in [0.3, 0.4) is 0 Å². The Morgan fingerprint density at radius 3 is 2.43 bits per heavy atom. The van der Waals surface area contributed by atoms with E-state index < -0.39 is 10.2 Å². The number of anilines is 1. The topological polar surface area (TPSA) is 52.7 Å². The fourth-order valence-electron chi connectivity index (χ4n) is 2.09. The lowest BCUT2D eigenvalue weighted by molar-refractivity contribution is 0.453. The molecule has 0 saturated carbocycles. The molecule has 0 fully saturated rings. The molecule has 0 amide bonds. The van der Waals surface area contributed by atoms with Crippen molar-refractivity contribution in [3.8, 4) is 0 Å². The highest BCUT2D eigenvalue weighted by Gasteiger charge is 2.24. The second kappa shape index (κ2) is 8.36. The van der Waals surface area contributed by atoms with Gasteiger partial charge in [-0.15, -0.1) is 0 Å². The zero-order valence-corrected chi connectivity index (χ0v) is 14.3. The van der Waals surface area contributed by atoms with E-state index in [9.17, 15) is 8.42 Å². The molecule has 6 heteroatoms. The van der Waals surface area contributed by atoms with E-state index in [1.165, 1.54) is 8.61 Å². The van der Waals surface area contributed by atoms with Gasteiger partial charge in [0.25, 0.3) is 0 Å². The molecule has 0 heterocycles. The van der Waals surface area contributed by atoms with Gasteiger partial charge < -0.3 is 5.32 Å². The Balaban J connectivity index is 2.65. The van der Waals surface area contributed by atoms with Gasteiger partial charge in [0, 0.05) is 20.6 Å². The first-order chi connectivity index (χ1) is 9.91. The maximum Gasteiger partial charge on any atom is 0.303 e. The molecule has 120 valence electrons. The van der Waals surface area contributed by atoms with Crippen molar-refractivity contribution in [1.29, 1.82) is 0 Å². The Kier molecular flexibility index (Phi) is 7.14. The minimum Gasteiger partial charge on any atom is -0.317 e. The van der Waals surface area contributed by atoms with Crippen molar-refractivity contribution in [2.45, 2.75) is 26.7 Å². The van der Waals surface area contributed by atoms with Gasteiger partial charge in [0.15, 0.2) is 0 Å². The standard InChI is InChI=1S/C15H27N3O2S/c1-5-11-16-12-8-13-17(3)21(19,20)18(4)15-10-7-6-9-14(15)2/h6-7,9-10,16H,5,8,11-13H2,1-4H3. The number of hydrogen-bond donors (Lipinski definition) is 1. The summed E-state index contributed by atoms with van der Waals surface area (Å²) >= 11 is 0. The smallest absolute Gasteiger partial charge is 0.303 e. The number of hydrogen-bond acceptors (Lipinski definition) is 3. The fraction of sp³-hybridized carbons (Fsp3) is 0.600. The quantitative estimate of drug-likeness (QED) is 0.710. The largest absolute Gasteiger partial charge is 0.317 e. The lowest BCUT2D eigenvalue weighted by Crippen LogP contribution is -2.41. The number of rotatable bonds is 9. The molecule has 0 spiro atoms. The van der Waals surface area contributed by atoms with Crippen LogP contribution in [0.2, 0.25) is 0 Å². The van der Waals surface area contributed by atoms with Crippen molar-refractivity contribution in [2.75, 3.05) is 38.0 Å². The van der Waals surface area contributed by atoms with Crippen LogP contribution >= 0.6 is 0 Å². The van der Waals surface area contributed by atoms with E-state index in [1.807, 2.05) is 31.2 Å². The van der Waals surface area contributed by atoms with E-state index in [1.54, 1.807) is 14.1 Å². The van der Waals surface area contributed by atoms with Gasteiger partial charge in [-0.2, -0.15) is 12.7 Å². The van der Waals surface area contributed by atoms with E-state index in [0.29, 0.717) is 12.2 Å². The third-order valence-corrected chi connectivity index (χ3v) is 5.31. The lowest BCUT2D eigenvalue weighted by Gasteiger charge is -2.27. The molecule has 1 N–H and O–H groups in total. The maximum absolute atomic E-state index is 12.5. The van der Waals surface area contributed by atoms with Crippen LogP contribution < -0.4 is 9.62 Å². The molecule has 1 rings (SSSR count). The summed E-state index contributed by atoms with van der Waals surface area (Å²) in [6.45, 7) is 6.34. The Hall–Kier alpha value is -1.11. The van der Waals surface area contributed by atoms with Gasteiger partial charge in [0.2, 0.25) is 0 Å². The van der Waals surface area contributed by atoms with Crippen molar-refractivity contribution in [1.82, 2.24) is 9.62 Å². The van der Waals surface area contributed by atoms with Gasteiger partial charge in [-0.25, -0.2) is 0 Å². The zero-order valence-electron chi connectivity index (χ0n) is 13.5. The Labute approximate surface area is 129 Å². The van der Waals surface area contributed by atoms with Crippen LogP contribution in [0.4, 0.5) is 5.69 Å². The second-order valence-electron chi connectivity index (χ2n) is 5.19. The molecule has 0 aliphatic heterocycles. The molecule has 0 saturated heterocycles. The van der Waals surface area contributed by atoms with Gasteiger partial charge >= 0.3 is 10.2 Å². The summed E-state index contributed by atoms with van der Waals surface area (Å²) < 4.78 is 27.8. The van der Waals surface area contributed by atoms with E-state index in [4.69, 9.17) is 0 Å². The lowest BCUT2D eigenvalue weighted by atomic mass is 10.2. The molecule has 0 bridgehead atoms. The number of nitrogens with one attached hydrogen (secondary N) is 1. The third kappa shape index (κ3) is 4.98. The normalized spacial score (nSPS) is 11.9. The van der Waals surface area contributed by atoms with E-state index in [0.717, 1.165) is 31.5 Å². The second-order valence-corrected chi connectivity index (χ2v) is 7.25. The highest BCUT2D eigenvalue weighted by molar-refractivity contribution is 7.90. The highest BCUT2D eigenvalue weighted by atomic mass is 32.2. The highest BCUT2D eigenvalue weighted by Crippen LogP contribution is 2.21. The third-order valence-electron chi connectivity index (χ3n) is 3.45. The van der Waals surface area contributed by atoms with Crippen LogP contribution in [0.5, 0.6) is 0 Å². The van der Waals surface area contributed by atoms with Crippen molar-refractivity contribution < 1.29 is 8.42 Å². The number of aryl methyl sites for hydroxylation is 1.